The highest BCUT2D eigenvalue weighted by atomic mass is 19.1. The van der Waals surface area contributed by atoms with E-state index in [-0.39, 0.29) is 5.82 Å². The SMILES string of the molecule is Fc1cc2c(cc1C1CCNCC1)OCCO2. The van der Waals surface area contributed by atoms with Crippen molar-refractivity contribution in [2.45, 2.75) is 18.8 Å². The van der Waals surface area contributed by atoms with E-state index in [9.17, 15) is 4.39 Å². The summed E-state index contributed by atoms with van der Waals surface area (Å²) >= 11 is 0. The largest absolute Gasteiger partial charge is 0.486 e. The third-order valence-electron chi connectivity index (χ3n) is 3.44. The van der Waals surface area contributed by atoms with Crippen LogP contribution in [0.4, 0.5) is 4.39 Å². The van der Waals surface area contributed by atoms with E-state index >= 15 is 0 Å². The van der Waals surface area contributed by atoms with Crippen LogP contribution < -0.4 is 14.8 Å². The summed E-state index contributed by atoms with van der Waals surface area (Å²) in [6.45, 7) is 2.96. The Morgan fingerprint density at radius 3 is 2.41 bits per heavy atom. The molecule has 0 saturated carbocycles. The molecule has 2 aliphatic heterocycles. The topological polar surface area (TPSA) is 30.5 Å². The maximum Gasteiger partial charge on any atom is 0.164 e. The lowest BCUT2D eigenvalue weighted by atomic mass is 9.89. The molecule has 0 radical (unpaired) electrons. The van der Waals surface area contributed by atoms with Crippen LogP contribution in [-0.4, -0.2) is 26.3 Å². The summed E-state index contributed by atoms with van der Waals surface area (Å²) in [7, 11) is 0. The number of hydrogen-bond donors (Lipinski definition) is 1. The van der Waals surface area contributed by atoms with Gasteiger partial charge in [0.05, 0.1) is 0 Å². The molecule has 92 valence electrons. The highest BCUT2D eigenvalue weighted by Gasteiger charge is 2.22. The van der Waals surface area contributed by atoms with Crippen LogP contribution in [0.1, 0.15) is 24.3 Å². The summed E-state index contributed by atoms with van der Waals surface area (Å²) in [4.78, 5) is 0. The molecule has 17 heavy (non-hydrogen) atoms. The molecule has 2 aliphatic rings. The zero-order valence-corrected chi connectivity index (χ0v) is 9.67. The fraction of sp³-hybridized carbons (Fsp3) is 0.538. The second-order valence-electron chi connectivity index (χ2n) is 4.54. The van der Waals surface area contributed by atoms with Gasteiger partial charge in [-0.1, -0.05) is 0 Å². The number of fused-ring (bicyclic) bond motifs is 1. The molecule has 4 heteroatoms. The van der Waals surface area contributed by atoms with E-state index in [1.807, 2.05) is 6.07 Å². The Bertz CT molecular complexity index is 416. The minimum Gasteiger partial charge on any atom is -0.486 e. The van der Waals surface area contributed by atoms with E-state index in [4.69, 9.17) is 9.47 Å². The Morgan fingerprint density at radius 2 is 1.71 bits per heavy atom. The first-order valence-corrected chi connectivity index (χ1v) is 6.14. The minimum absolute atomic E-state index is 0.166. The van der Waals surface area contributed by atoms with Crippen molar-refractivity contribution in [1.82, 2.24) is 5.32 Å². The van der Waals surface area contributed by atoms with Crippen molar-refractivity contribution in [3.63, 3.8) is 0 Å². The fourth-order valence-corrected chi connectivity index (χ4v) is 2.53. The molecule has 0 atom stereocenters. The Balaban J connectivity index is 1.93. The molecule has 1 fully saturated rings. The predicted molar refractivity (Wildman–Crippen MR) is 62.2 cm³/mol. The van der Waals surface area contributed by atoms with Crippen LogP contribution >= 0.6 is 0 Å². The van der Waals surface area contributed by atoms with Crippen molar-refractivity contribution in [1.29, 1.82) is 0 Å². The normalized spacial score (nSPS) is 20.3. The maximum atomic E-state index is 14.0. The van der Waals surface area contributed by atoms with E-state index in [0.717, 1.165) is 31.5 Å². The quantitative estimate of drug-likeness (QED) is 0.811. The molecule has 1 N–H and O–H groups in total. The van der Waals surface area contributed by atoms with Gasteiger partial charge in [0.25, 0.3) is 0 Å². The van der Waals surface area contributed by atoms with Gasteiger partial charge in [0.15, 0.2) is 11.5 Å². The molecule has 1 saturated heterocycles. The summed E-state index contributed by atoms with van der Waals surface area (Å²) in [5.41, 5.74) is 0.774. The van der Waals surface area contributed by atoms with Crippen LogP contribution in [-0.2, 0) is 0 Å². The molecular formula is C13H16FNO2. The van der Waals surface area contributed by atoms with Crippen LogP contribution in [0.15, 0.2) is 12.1 Å². The lowest BCUT2D eigenvalue weighted by Crippen LogP contribution is -2.27. The standard InChI is InChI=1S/C13H16FNO2/c14-11-8-13-12(16-5-6-17-13)7-10(11)9-1-3-15-4-2-9/h7-9,15H,1-6H2. The van der Waals surface area contributed by atoms with Crippen LogP contribution in [0.5, 0.6) is 11.5 Å². The molecule has 0 aromatic heterocycles. The van der Waals surface area contributed by atoms with Gasteiger partial charge in [-0.15, -0.1) is 0 Å². The van der Waals surface area contributed by atoms with Crippen molar-refractivity contribution in [3.05, 3.63) is 23.5 Å². The summed E-state index contributed by atoms with van der Waals surface area (Å²) in [5, 5.41) is 3.29. The summed E-state index contributed by atoms with van der Waals surface area (Å²) in [6.07, 6.45) is 1.97. The molecule has 3 rings (SSSR count). The molecule has 0 aliphatic carbocycles. The second-order valence-corrected chi connectivity index (χ2v) is 4.54. The van der Waals surface area contributed by atoms with Gasteiger partial charge in [0.2, 0.25) is 0 Å². The van der Waals surface area contributed by atoms with E-state index in [1.165, 1.54) is 6.07 Å². The molecule has 0 unspecified atom stereocenters. The lowest BCUT2D eigenvalue weighted by molar-refractivity contribution is 0.170. The van der Waals surface area contributed by atoms with Gasteiger partial charge < -0.3 is 14.8 Å². The first kappa shape index (κ1) is 10.8. The van der Waals surface area contributed by atoms with Crippen LogP contribution in [0, 0.1) is 5.82 Å². The predicted octanol–water partition coefficient (Wildman–Crippen LogP) is 2.06. The molecule has 0 spiro atoms. The highest BCUT2D eigenvalue weighted by Crippen LogP contribution is 2.37. The molecule has 0 amide bonds. The van der Waals surface area contributed by atoms with Gasteiger partial charge in [0, 0.05) is 6.07 Å². The van der Waals surface area contributed by atoms with Gasteiger partial charge in [-0.25, -0.2) is 4.39 Å². The van der Waals surface area contributed by atoms with Crippen LogP contribution in [0.3, 0.4) is 0 Å². The zero-order valence-electron chi connectivity index (χ0n) is 9.67. The van der Waals surface area contributed by atoms with E-state index in [0.29, 0.717) is 30.6 Å². The van der Waals surface area contributed by atoms with Gasteiger partial charge in [-0.2, -0.15) is 0 Å². The Labute approximate surface area is 99.9 Å². The molecule has 1 aromatic rings. The molecule has 1 aromatic carbocycles. The van der Waals surface area contributed by atoms with Gasteiger partial charge in [-0.3, -0.25) is 0 Å². The van der Waals surface area contributed by atoms with Crippen molar-refractivity contribution < 1.29 is 13.9 Å². The number of ether oxygens (including phenoxy) is 2. The third kappa shape index (κ3) is 2.09. The van der Waals surface area contributed by atoms with Crippen LogP contribution in [0.2, 0.25) is 0 Å². The van der Waals surface area contributed by atoms with E-state index in [2.05, 4.69) is 5.32 Å². The third-order valence-corrected chi connectivity index (χ3v) is 3.44. The summed E-state index contributed by atoms with van der Waals surface area (Å²) in [6, 6.07) is 3.28. The molecular weight excluding hydrogens is 221 g/mol. The highest BCUT2D eigenvalue weighted by molar-refractivity contribution is 5.45. The molecule has 3 nitrogen and oxygen atoms in total. The lowest BCUT2D eigenvalue weighted by Gasteiger charge is -2.25. The van der Waals surface area contributed by atoms with E-state index in [1.54, 1.807) is 0 Å². The average Bonchev–Trinajstić information content (AvgIpc) is 2.39. The number of benzene rings is 1. The number of rotatable bonds is 1. The van der Waals surface area contributed by atoms with Gasteiger partial charge in [0.1, 0.15) is 19.0 Å². The van der Waals surface area contributed by atoms with Crippen molar-refractivity contribution in [2.75, 3.05) is 26.3 Å². The fourth-order valence-electron chi connectivity index (χ4n) is 2.53. The first-order chi connectivity index (χ1) is 8.34. The maximum absolute atomic E-state index is 14.0. The van der Waals surface area contributed by atoms with Crippen LogP contribution in [0.25, 0.3) is 0 Å². The zero-order chi connectivity index (χ0) is 11.7. The smallest absolute Gasteiger partial charge is 0.164 e. The number of hydrogen-bond acceptors (Lipinski definition) is 3. The summed E-state index contributed by atoms with van der Waals surface area (Å²) < 4.78 is 24.9. The van der Waals surface area contributed by atoms with E-state index < -0.39 is 0 Å². The van der Waals surface area contributed by atoms with Gasteiger partial charge >= 0.3 is 0 Å². The number of halogens is 1. The Hall–Kier alpha value is -1.29. The minimum atomic E-state index is -0.166. The molecule has 0 bridgehead atoms. The first-order valence-electron chi connectivity index (χ1n) is 6.14. The molecule has 2 heterocycles. The number of piperidine rings is 1. The van der Waals surface area contributed by atoms with Gasteiger partial charge in [-0.05, 0) is 43.5 Å². The van der Waals surface area contributed by atoms with Crippen molar-refractivity contribution in [3.8, 4) is 11.5 Å². The van der Waals surface area contributed by atoms with Crippen molar-refractivity contribution >= 4 is 0 Å². The second kappa shape index (κ2) is 4.53. The van der Waals surface area contributed by atoms with Crippen molar-refractivity contribution in [2.24, 2.45) is 0 Å². The Morgan fingerprint density at radius 1 is 1.06 bits per heavy atom. The Kier molecular flexibility index (Phi) is 2.89. The monoisotopic (exact) mass is 237 g/mol. The average molecular weight is 237 g/mol. The number of nitrogens with one attached hydrogen (secondary N) is 1. The summed E-state index contributed by atoms with van der Waals surface area (Å²) in [5.74, 6) is 1.35.